The Labute approximate surface area is 193 Å². The van der Waals surface area contributed by atoms with Crippen molar-refractivity contribution < 1.29 is 9.84 Å². The minimum atomic E-state index is -0.709. The van der Waals surface area contributed by atoms with E-state index in [9.17, 15) is 9.90 Å². The van der Waals surface area contributed by atoms with Crippen LogP contribution in [0.15, 0.2) is 89.3 Å². The lowest BCUT2D eigenvalue weighted by atomic mass is 10.1. The average Bonchev–Trinajstić information content (AvgIpc) is 3.28. The Morgan fingerprint density at radius 3 is 2.70 bits per heavy atom. The standard InChI is InChI=1S/C25H22N4O3S/c1-2-13-28-23(31)21-9-5-6-10-22(21)29-24(28)26-27-25(29)33-16-19(30)15-32-20-12-11-17-7-3-4-8-18(17)14-20/h2-12,14,19,30H,1,13,15-16H2/t19-/m1/s1. The van der Waals surface area contributed by atoms with Gasteiger partial charge in [0.1, 0.15) is 12.4 Å². The molecule has 8 heteroatoms. The molecule has 0 unspecified atom stereocenters. The van der Waals surface area contributed by atoms with E-state index in [1.165, 1.54) is 11.8 Å². The summed E-state index contributed by atoms with van der Waals surface area (Å²) in [5, 5.41) is 22.5. The van der Waals surface area contributed by atoms with Crippen molar-refractivity contribution >= 4 is 39.2 Å². The van der Waals surface area contributed by atoms with E-state index < -0.39 is 6.10 Å². The first kappa shape index (κ1) is 21.2. The van der Waals surface area contributed by atoms with Crippen molar-refractivity contribution in [3.05, 3.63) is 89.7 Å². The molecule has 33 heavy (non-hydrogen) atoms. The third-order valence-electron chi connectivity index (χ3n) is 5.36. The Balaban J connectivity index is 1.34. The number of hydrogen-bond donors (Lipinski definition) is 1. The van der Waals surface area contributed by atoms with E-state index in [0.29, 0.717) is 34.4 Å². The molecule has 5 aromatic rings. The highest BCUT2D eigenvalue weighted by molar-refractivity contribution is 7.99. The molecule has 1 atom stereocenters. The summed E-state index contributed by atoms with van der Waals surface area (Å²) in [5.74, 6) is 1.52. The quantitative estimate of drug-likeness (QED) is 0.280. The van der Waals surface area contributed by atoms with Crippen LogP contribution in [0, 0.1) is 0 Å². The van der Waals surface area contributed by atoms with Gasteiger partial charge in [-0.25, -0.2) is 0 Å². The Morgan fingerprint density at radius 2 is 1.85 bits per heavy atom. The van der Waals surface area contributed by atoms with E-state index in [-0.39, 0.29) is 12.2 Å². The molecule has 0 fully saturated rings. The first-order chi connectivity index (χ1) is 16.2. The van der Waals surface area contributed by atoms with Gasteiger partial charge in [-0.2, -0.15) is 0 Å². The van der Waals surface area contributed by atoms with Gasteiger partial charge in [0.15, 0.2) is 5.16 Å². The molecule has 0 spiro atoms. The number of ether oxygens (including phenoxy) is 1. The first-order valence-corrected chi connectivity index (χ1v) is 11.5. The van der Waals surface area contributed by atoms with Gasteiger partial charge in [0.05, 0.1) is 17.0 Å². The third kappa shape index (κ3) is 4.10. The number of thioether (sulfide) groups is 1. The lowest BCUT2D eigenvalue weighted by molar-refractivity contribution is 0.126. The molecule has 0 amide bonds. The molecule has 5 rings (SSSR count). The molecule has 166 valence electrons. The van der Waals surface area contributed by atoms with Crippen molar-refractivity contribution in [2.24, 2.45) is 0 Å². The van der Waals surface area contributed by atoms with Crippen LogP contribution >= 0.6 is 11.8 Å². The summed E-state index contributed by atoms with van der Waals surface area (Å²) in [4.78, 5) is 12.9. The fraction of sp³-hybridized carbons (Fsp3) is 0.160. The molecular weight excluding hydrogens is 436 g/mol. The van der Waals surface area contributed by atoms with Crippen LogP contribution in [0.4, 0.5) is 0 Å². The summed E-state index contributed by atoms with van der Waals surface area (Å²) in [6.45, 7) is 4.23. The van der Waals surface area contributed by atoms with Gasteiger partial charge < -0.3 is 9.84 Å². The van der Waals surface area contributed by atoms with Crippen LogP contribution in [0.5, 0.6) is 5.75 Å². The van der Waals surface area contributed by atoms with Crippen LogP contribution < -0.4 is 10.3 Å². The lowest BCUT2D eigenvalue weighted by Gasteiger charge is -2.13. The molecule has 0 radical (unpaired) electrons. The van der Waals surface area contributed by atoms with Crippen LogP contribution in [0.2, 0.25) is 0 Å². The van der Waals surface area contributed by atoms with Crippen molar-refractivity contribution in [1.29, 1.82) is 0 Å². The number of para-hydroxylation sites is 1. The molecule has 0 saturated carbocycles. The van der Waals surface area contributed by atoms with Gasteiger partial charge in [-0.1, -0.05) is 60.3 Å². The number of aromatic nitrogens is 4. The topological polar surface area (TPSA) is 81.7 Å². The molecule has 2 aromatic heterocycles. The van der Waals surface area contributed by atoms with Crippen LogP contribution in [0.25, 0.3) is 27.5 Å². The van der Waals surface area contributed by atoms with E-state index >= 15 is 0 Å². The van der Waals surface area contributed by atoms with Gasteiger partial charge in [-0.3, -0.25) is 13.8 Å². The average molecular weight is 459 g/mol. The van der Waals surface area contributed by atoms with E-state index in [0.717, 1.165) is 16.3 Å². The van der Waals surface area contributed by atoms with E-state index in [2.05, 4.69) is 16.8 Å². The minimum absolute atomic E-state index is 0.134. The van der Waals surface area contributed by atoms with Crippen molar-refractivity contribution in [2.45, 2.75) is 17.8 Å². The predicted molar refractivity (Wildman–Crippen MR) is 131 cm³/mol. The third-order valence-corrected chi connectivity index (χ3v) is 6.43. The van der Waals surface area contributed by atoms with E-state index in [4.69, 9.17) is 4.74 Å². The Hall–Kier alpha value is -3.62. The monoisotopic (exact) mass is 458 g/mol. The Bertz CT molecular complexity index is 1530. The summed E-state index contributed by atoms with van der Waals surface area (Å²) in [6, 6.07) is 21.3. The Morgan fingerprint density at radius 1 is 1.06 bits per heavy atom. The van der Waals surface area contributed by atoms with Crippen LogP contribution in [0.3, 0.4) is 0 Å². The van der Waals surface area contributed by atoms with Crippen LogP contribution in [0.1, 0.15) is 0 Å². The smallest absolute Gasteiger partial charge is 0.263 e. The second-order valence-electron chi connectivity index (χ2n) is 7.62. The zero-order chi connectivity index (χ0) is 22.8. The van der Waals surface area contributed by atoms with Crippen molar-refractivity contribution in [3.8, 4) is 5.75 Å². The summed E-state index contributed by atoms with van der Waals surface area (Å²) in [6.07, 6.45) is 0.949. The molecule has 0 aliphatic rings. The minimum Gasteiger partial charge on any atom is -0.491 e. The van der Waals surface area contributed by atoms with Crippen molar-refractivity contribution in [3.63, 3.8) is 0 Å². The molecule has 0 bridgehead atoms. The number of aliphatic hydroxyl groups excluding tert-OH is 1. The fourth-order valence-corrected chi connectivity index (χ4v) is 4.63. The fourth-order valence-electron chi connectivity index (χ4n) is 3.79. The molecule has 0 aliphatic heterocycles. The molecule has 3 aromatic carbocycles. The number of aliphatic hydroxyl groups is 1. The Kier molecular flexibility index (Phi) is 5.85. The number of nitrogens with zero attached hydrogens (tertiary/aromatic N) is 4. The van der Waals surface area contributed by atoms with Gasteiger partial charge in [-0.05, 0) is 35.0 Å². The molecule has 7 nitrogen and oxygen atoms in total. The number of hydrogen-bond acceptors (Lipinski definition) is 6. The van der Waals surface area contributed by atoms with Gasteiger partial charge >= 0.3 is 0 Å². The van der Waals surface area contributed by atoms with Gasteiger partial charge in [0.25, 0.3) is 5.56 Å². The maximum Gasteiger partial charge on any atom is 0.263 e. The molecule has 1 N–H and O–H groups in total. The summed E-state index contributed by atoms with van der Waals surface area (Å²) in [5.41, 5.74) is 0.595. The second-order valence-corrected chi connectivity index (χ2v) is 8.61. The van der Waals surface area contributed by atoms with Crippen LogP contribution in [-0.4, -0.2) is 42.7 Å². The van der Waals surface area contributed by atoms with Gasteiger partial charge in [0, 0.05) is 12.3 Å². The van der Waals surface area contributed by atoms with Gasteiger partial charge in [0.2, 0.25) is 5.78 Å². The molecular formula is C25H22N4O3S. The van der Waals surface area contributed by atoms with E-state index in [1.807, 2.05) is 65.1 Å². The number of allylic oxidation sites excluding steroid dienone is 1. The molecule has 0 saturated heterocycles. The molecule has 0 aliphatic carbocycles. The van der Waals surface area contributed by atoms with Crippen LogP contribution in [-0.2, 0) is 6.54 Å². The highest BCUT2D eigenvalue weighted by Gasteiger charge is 2.17. The number of rotatable bonds is 8. The zero-order valence-electron chi connectivity index (χ0n) is 17.8. The van der Waals surface area contributed by atoms with E-state index in [1.54, 1.807) is 16.7 Å². The van der Waals surface area contributed by atoms with Crippen molar-refractivity contribution in [1.82, 2.24) is 19.2 Å². The zero-order valence-corrected chi connectivity index (χ0v) is 18.6. The maximum absolute atomic E-state index is 12.9. The normalized spacial score (nSPS) is 12.4. The SMILES string of the molecule is C=CCn1c(=O)c2ccccc2n2c(SC[C@H](O)COc3ccc4ccccc4c3)nnc12. The molecule has 2 heterocycles. The summed E-state index contributed by atoms with van der Waals surface area (Å²) in [7, 11) is 0. The highest BCUT2D eigenvalue weighted by atomic mass is 32.2. The first-order valence-electron chi connectivity index (χ1n) is 10.6. The number of benzene rings is 3. The van der Waals surface area contributed by atoms with Crippen molar-refractivity contribution in [2.75, 3.05) is 12.4 Å². The summed E-state index contributed by atoms with van der Waals surface area (Å²) >= 11 is 1.37. The highest BCUT2D eigenvalue weighted by Crippen LogP contribution is 2.23. The lowest BCUT2D eigenvalue weighted by Crippen LogP contribution is -2.23. The largest absolute Gasteiger partial charge is 0.491 e. The predicted octanol–water partition coefficient (Wildman–Crippen LogP) is 3.92. The van der Waals surface area contributed by atoms with Gasteiger partial charge in [-0.15, -0.1) is 16.8 Å². The second kappa shape index (κ2) is 9.09. The summed E-state index contributed by atoms with van der Waals surface area (Å²) < 4.78 is 9.20. The number of fused-ring (bicyclic) bond motifs is 4. The maximum atomic E-state index is 12.9.